The number of alkyl halides is 3. The van der Waals surface area contributed by atoms with Gasteiger partial charge in [0.2, 0.25) is 0 Å². The summed E-state index contributed by atoms with van der Waals surface area (Å²) in [5, 5.41) is 7.92. The first-order valence-corrected chi connectivity index (χ1v) is 3.14. The normalized spacial score (nSPS) is 20.0. The summed E-state index contributed by atoms with van der Waals surface area (Å²) in [5.41, 5.74) is 0. The molecule has 0 saturated heterocycles. The average molecular weight is 222 g/mol. The molecule has 0 saturated carbocycles. The molecule has 0 aliphatic rings. The third-order valence-electron chi connectivity index (χ3n) is 0.161. The van der Waals surface area contributed by atoms with Crippen LogP contribution in [-0.2, 0) is 0 Å². The first-order chi connectivity index (χ1) is 2.56. The SMILES string of the molecule is OC(F)(Br)CBr. The lowest BCUT2D eigenvalue weighted by atomic mass is 10.8. The zero-order valence-corrected chi connectivity index (χ0v) is 5.96. The highest BCUT2D eigenvalue weighted by atomic mass is 79.9. The lowest BCUT2D eigenvalue weighted by Gasteiger charge is -2.01. The number of hydrogen-bond donors (Lipinski definition) is 1. The summed E-state index contributed by atoms with van der Waals surface area (Å²) in [6.45, 7) is 0. The van der Waals surface area contributed by atoms with E-state index in [2.05, 4.69) is 31.9 Å². The van der Waals surface area contributed by atoms with Gasteiger partial charge in [-0.3, -0.25) is 0 Å². The lowest BCUT2D eigenvalue weighted by Crippen LogP contribution is -2.12. The Kier molecular flexibility index (Phi) is 2.55. The highest BCUT2D eigenvalue weighted by molar-refractivity contribution is 9.12. The summed E-state index contributed by atoms with van der Waals surface area (Å²) < 4.78 is 9.31. The fraction of sp³-hybridized carbons (Fsp3) is 1.00. The van der Waals surface area contributed by atoms with Crippen LogP contribution in [-0.4, -0.2) is 15.2 Å². The van der Waals surface area contributed by atoms with Crippen LogP contribution in [0.25, 0.3) is 0 Å². The summed E-state index contributed by atoms with van der Waals surface area (Å²) in [5.74, 6) is 0. The molecule has 0 aliphatic carbocycles. The van der Waals surface area contributed by atoms with Gasteiger partial charge in [0.25, 0.3) is 4.76 Å². The number of aliphatic hydroxyl groups is 1. The van der Waals surface area contributed by atoms with Crippen LogP contribution in [0.3, 0.4) is 0 Å². The predicted octanol–water partition coefficient (Wildman–Crippen LogP) is 1.39. The lowest BCUT2D eigenvalue weighted by molar-refractivity contribution is 0.0362. The van der Waals surface area contributed by atoms with Crippen molar-refractivity contribution >= 4 is 31.9 Å². The first kappa shape index (κ1) is 6.85. The summed E-state index contributed by atoms with van der Waals surface area (Å²) in [6.07, 6.45) is 0. The Bertz CT molecular complexity index is 41.3. The van der Waals surface area contributed by atoms with Crippen molar-refractivity contribution < 1.29 is 9.50 Å². The van der Waals surface area contributed by atoms with Gasteiger partial charge in [-0.1, -0.05) is 15.9 Å². The van der Waals surface area contributed by atoms with Crippen LogP contribution in [0.4, 0.5) is 4.39 Å². The molecule has 0 aromatic heterocycles. The van der Waals surface area contributed by atoms with E-state index in [1.807, 2.05) is 0 Å². The van der Waals surface area contributed by atoms with Gasteiger partial charge >= 0.3 is 0 Å². The maximum absolute atomic E-state index is 11.5. The Hall–Kier alpha value is 0.850. The summed E-state index contributed by atoms with van der Waals surface area (Å²) in [4.78, 5) is 0. The monoisotopic (exact) mass is 220 g/mol. The maximum Gasteiger partial charge on any atom is 0.272 e. The molecule has 0 radical (unpaired) electrons. The van der Waals surface area contributed by atoms with Crippen LogP contribution in [0.1, 0.15) is 0 Å². The van der Waals surface area contributed by atoms with Crippen LogP contribution in [0.5, 0.6) is 0 Å². The topological polar surface area (TPSA) is 20.2 Å². The van der Waals surface area contributed by atoms with Gasteiger partial charge in [0.15, 0.2) is 0 Å². The Morgan fingerprint density at radius 3 is 2.00 bits per heavy atom. The van der Waals surface area contributed by atoms with Crippen LogP contribution in [0.15, 0.2) is 0 Å². The molecule has 0 fully saturated rings. The van der Waals surface area contributed by atoms with Gasteiger partial charge in [0.05, 0.1) is 5.33 Å². The van der Waals surface area contributed by atoms with Crippen molar-refractivity contribution in [1.29, 1.82) is 0 Å². The molecule has 0 bridgehead atoms. The number of rotatable bonds is 1. The zero-order chi connectivity index (χ0) is 5.21. The van der Waals surface area contributed by atoms with Crippen molar-refractivity contribution in [3.63, 3.8) is 0 Å². The molecule has 0 amide bonds. The van der Waals surface area contributed by atoms with Gasteiger partial charge in [-0.2, -0.15) is 4.39 Å². The van der Waals surface area contributed by atoms with Crippen molar-refractivity contribution in [2.75, 3.05) is 5.33 Å². The molecule has 1 atom stereocenters. The van der Waals surface area contributed by atoms with Crippen LogP contribution in [0, 0.1) is 0 Å². The average Bonchev–Trinajstić information content (AvgIpc) is 1.35. The molecule has 0 heterocycles. The van der Waals surface area contributed by atoms with Gasteiger partial charge in [-0.25, -0.2) is 0 Å². The van der Waals surface area contributed by atoms with Crippen molar-refractivity contribution in [2.45, 2.75) is 4.76 Å². The molecule has 0 aliphatic heterocycles. The first-order valence-electron chi connectivity index (χ1n) is 1.22. The standard InChI is InChI=1S/C2H3Br2FO/c3-1-2(4,5)6/h6H,1H2. The van der Waals surface area contributed by atoms with Gasteiger partial charge < -0.3 is 5.11 Å². The molecular weight excluding hydrogens is 219 g/mol. The molecule has 38 valence electrons. The van der Waals surface area contributed by atoms with Gasteiger partial charge in [0, 0.05) is 0 Å². The van der Waals surface area contributed by atoms with E-state index in [0.29, 0.717) is 0 Å². The minimum atomic E-state index is -2.23. The Morgan fingerprint density at radius 2 is 2.00 bits per heavy atom. The molecule has 1 unspecified atom stereocenters. The maximum atomic E-state index is 11.5. The van der Waals surface area contributed by atoms with Crippen LogP contribution >= 0.6 is 31.9 Å². The van der Waals surface area contributed by atoms with E-state index in [4.69, 9.17) is 5.11 Å². The van der Waals surface area contributed by atoms with Gasteiger partial charge in [0.1, 0.15) is 0 Å². The third-order valence-corrected chi connectivity index (χ3v) is 1.94. The molecule has 1 nitrogen and oxygen atoms in total. The second-order valence-corrected chi connectivity index (χ2v) is 2.58. The molecular formula is C2H3Br2FO. The van der Waals surface area contributed by atoms with Crippen LogP contribution < -0.4 is 0 Å². The number of hydrogen-bond acceptors (Lipinski definition) is 1. The molecule has 0 aromatic carbocycles. The van der Waals surface area contributed by atoms with E-state index in [0.717, 1.165) is 0 Å². The van der Waals surface area contributed by atoms with Gasteiger partial charge in [-0.15, -0.1) is 0 Å². The van der Waals surface area contributed by atoms with Crippen molar-refractivity contribution in [2.24, 2.45) is 0 Å². The molecule has 1 N–H and O–H groups in total. The predicted molar refractivity (Wildman–Crippen MR) is 28.8 cm³/mol. The summed E-state index contributed by atoms with van der Waals surface area (Å²) in [6, 6.07) is 0. The fourth-order valence-corrected chi connectivity index (χ4v) is 0. The van der Waals surface area contributed by atoms with Crippen LogP contribution in [0.2, 0.25) is 0 Å². The number of halogens is 3. The summed E-state index contributed by atoms with van der Waals surface area (Å²) >= 11 is 5.02. The van der Waals surface area contributed by atoms with E-state index in [9.17, 15) is 4.39 Å². The third kappa shape index (κ3) is 4.85. The molecule has 4 heteroatoms. The Morgan fingerprint density at radius 1 is 1.83 bits per heavy atom. The second-order valence-electron chi connectivity index (χ2n) is 0.799. The van der Waals surface area contributed by atoms with E-state index < -0.39 is 4.76 Å². The van der Waals surface area contributed by atoms with Gasteiger partial charge in [-0.05, 0) is 15.9 Å². The minimum absolute atomic E-state index is 0.111. The minimum Gasteiger partial charge on any atom is -0.353 e. The molecule has 0 aromatic rings. The Labute approximate surface area is 51.8 Å². The Balaban J connectivity index is 3.17. The van der Waals surface area contributed by atoms with E-state index >= 15 is 0 Å². The molecule has 0 rings (SSSR count). The fourth-order valence-electron chi connectivity index (χ4n) is 0. The summed E-state index contributed by atoms with van der Waals surface area (Å²) in [7, 11) is 0. The highest BCUT2D eigenvalue weighted by Crippen LogP contribution is 2.16. The smallest absolute Gasteiger partial charge is 0.272 e. The highest BCUT2D eigenvalue weighted by Gasteiger charge is 2.16. The van der Waals surface area contributed by atoms with E-state index in [1.165, 1.54) is 0 Å². The quantitative estimate of drug-likeness (QED) is 0.664. The van der Waals surface area contributed by atoms with Crippen molar-refractivity contribution in [3.05, 3.63) is 0 Å². The van der Waals surface area contributed by atoms with E-state index in [-0.39, 0.29) is 5.33 Å². The zero-order valence-electron chi connectivity index (χ0n) is 2.79. The molecule has 6 heavy (non-hydrogen) atoms. The van der Waals surface area contributed by atoms with Crippen molar-refractivity contribution in [1.82, 2.24) is 0 Å². The largest absolute Gasteiger partial charge is 0.353 e. The van der Waals surface area contributed by atoms with Crippen molar-refractivity contribution in [3.8, 4) is 0 Å². The second kappa shape index (κ2) is 2.23. The van der Waals surface area contributed by atoms with E-state index in [1.54, 1.807) is 0 Å². The molecule has 0 spiro atoms.